The molecule has 1 heterocycles. The lowest BCUT2D eigenvalue weighted by Gasteiger charge is -2.10. The molecule has 0 amide bonds. The first-order valence-electron chi connectivity index (χ1n) is 5.77. The predicted molar refractivity (Wildman–Crippen MR) is 70.4 cm³/mol. The lowest BCUT2D eigenvalue weighted by Crippen LogP contribution is -1.95. The molecule has 0 saturated carbocycles. The number of benzene rings is 1. The molecule has 0 fully saturated rings. The standard InChI is InChI=1S/C15H15NO2/c1-10-4-5-14(11(2)6-10)18-15-12(3)7-13(9-17)8-16-15/h4-9H,1-3H3. The van der Waals surface area contributed by atoms with E-state index in [1.807, 2.05) is 32.9 Å². The monoisotopic (exact) mass is 241 g/mol. The Balaban J connectivity index is 2.31. The van der Waals surface area contributed by atoms with Gasteiger partial charge in [0.05, 0.1) is 0 Å². The Bertz CT molecular complexity index is 591. The first-order chi connectivity index (χ1) is 8.60. The lowest BCUT2D eigenvalue weighted by molar-refractivity contribution is 0.112. The molecule has 1 aromatic heterocycles. The molecule has 0 aliphatic heterocycles. The second-order valence-corrected chi connectivity index (χ2v) is 4.38. The third-order valence-electron chi connectivity index (χ3n) is 2.72. The molecule has 92 valence electrons. The van der Waals surface area contributed by atoms with E-state index >= 15 is 0 Å². The van der Waals surface area contributed by atoms with E-state index < -0.39 is 0 Å². The van der Waals surface area contributed by atoms with E-state index in [0.717, 1.165) is 23.2 Å². The molecule has 2 rings (SSSR count). The number of nitrogens with zero attached hydrogens (tertiary/aromatic N) is 1. The van der Waals surface area contributed by atoms with Crippen LogP contribution in [0.25, 0.3) is 0 Å². The van der Waals surface area contributed by atoms with Crippen LogP contribution < -0.4 is 4.74 Å². The number of pyridine rings is 1. The minimum atomic E-state index is 0.535. The summed E-state index contributed by atoms with van der Waals surface area (Å²) in [6.45, 7) is 5.91. The summed E-state index contributed by atoms with van der Waals surface area (Å²) in [4.78, 5) is 14.8. The van der Waals surface area contributed by atoms with E-state index in [9.17, 15) is 4.79 Å². The molecule has 0 atom stereocenters. The quantitative estimate of drug-likeness (QED) is 0.770. The molecule has 0 N–H and O–H groups in total. The molecule has 3 nitrogen and oxygen atoms in total. The third kappa shape index (κ3) is 2.56. The molecule has 3 heteroatoms. The Hall–Kier alpha value is -2.16. The molecular formula is C15H15NO2. The molecule has 0 radical (unpaired) electrons. The Kier molecular flexibility index (Phi) is 3.42. The summed E-state index contributed by atoms with van der Waals surface area (Å²) >= 11 is 0. The summed E-state index contributed by atoms with van der Waals surface area (Å²) in [7, 11) is 0. The van der Waals surface area contributed by atoms with E-state index in [-0.39, 0.29) is 0 Å². The fourth-order valence-corrected chi connectivity index (χ4v) is 1.77. The first kappa shape index (κ1) is 12.3. The molecule has 1 aromatic carbocycles. The van der Waals surface area contributed by atoms with Crippen LogP contribution in [-0.2, 0) is 0 Å². The van der Waals surface area contributed by atoms with Crippen molar-refractivity contribution in [3.63, 3.8) is 0 Å². The van der Waals surface area contributed by atoms with Crippen LogP contribution in [0.2, 0.25) is 0 Å². The van der Waals surface area contributed by atoms with Crippen LogP contribution in [0.15, 0.2) is 30.5 Å². The van der Waals surface area contributed by atoms with E-state index in [1.165, 1.54) is 11.8 Å². The Morgan fingerprint density at radius 3 is 2.50 bits per heavy atom. The highest BCUT2D eigenvalue weighted by molar-refractivity contribution is 5.74. The normalized spacial score (nSPS) is 10.2. The number of ether oxygens (including phenoxy) is 1. The van der Waals surface area contributed by atoms with Crippen molar-refractivity contribution in [2.75, 3.05) is 0 Å². The van der Waals surface area contributed by atoms with Crippen LogP contribution in [0.4, 0.5) is 0 Å². The van der Waals surface area contributed by atoms with Gasteiger partial charge in [-0.15, -0.1) is 0 Å². The van der Waals surface area contributed by atoms with E-state index in [2.05, 4.69) is 11.1 Å². The lowest BCUT2D eigenvalue weighted by atomic mass is 10.1. The van der Waals surface area contributed by atoms with Crippen LogP contribution in [0, 0.1) is 20.8 Å². The van der Waals surface area contributed by atoms with E-state index in [4.69, 9.17) is 4.74 Å². The van der Waals surface area contributed by atoms with E-state index in [0.29, 0.717) is 11.4 Å². The van der Waals surface area contributed by atoms with Crippen molar-refractivity contribution >= 4 is 6.29 Å². The number of carbonyl (C=O) groups is 1. The van der Waals surface area contributed by atoms with E-state index in [1.54, 1.807) is 6.07 Å². The van der Waals surface area contributed by atoms with Gasteiger partial charge in [0.1, 0.15) is 5.75 Å². The fraction of sp³-hybridized carbons (Fsp3) is 0.200. The first-order valence-corrected chi connectivity index (χ1v) is 5.77. The van der Waals surface area contributed by atoms with Gasteiger partial charge in [-0.25, -0.2) is 4.98 Å². The van der Waals surface area contributed by atoms with Crippen LogP contribution >= 0.6 is 0 Å². The van der Waals surface area contributed by atoms with Crippen molar-refractivity contribution in [1.82, 2.24) is 4.98 Å². The van der Waals surface area contributed by atoms with Crippen LogP contribution in [0.5, 0.6) is 11.6 Å². The van der Waals surface area contributed by atoms with Crippen LogP contribution in [-0.4, -0.2) is 11.3 Å². The van der Waals surface area contributed by atoms with Crippen molar-refractivity contribution < 1.29 is 9.53 Å². The highest BCUT2D eigenvalue weighted by atomic mass is 16.5. The van der Waals surface area contributed by atoms with Crippen molar-refractivity contribution in [2.45, 2.75) is 20.8 Å². The molecule has 0 aliphatic rings. The topological polar surface area (TPSA) is 39.2 Å². The zero-order chi connectivity index (χ0) is 13.1. The summed E-state index contributed by atoms with van der Waals surface area (Å²) in [5, 5.41) is 0. The summed E-state index contributed by atoms with van der Waals surface area (Å²) in [6, 6.07) is 7.75. The minimum Gasteiger partial charge on any atom is -0.438 e. The number of aldehydes is 1. The molecule has 0 spiro atoms. The van der Waals surface area contributed by atoms with Crippen molar-refractivity contribution in [2.24, 2.45) is 0 Å². The fourth-order valence-electron chi connectivity index (χ4n) is 1.77. The third-order valence-corrected chi connectivity index (χ3v) is 2.72. The molecule has 0 unspecified atom stereocenters. The van der Waals surface area contributed by atoms with Crippen molar-refractivity contribution in [3.05, 3.63) is 52.7 Å². The highest BCUT2D eigenvalue weighted by Gasteiger charge is 2.06. The SMILES string of the molecule is Cc1ccc(Oc2ncc(C=O)cc2C)c(C)c1. The number of aryl methyl sites for hydroxylation is 3. The molecule has 0 saturated heterocycles. The molecule has 0 aliphatic carbocycles. The Morgan fingerprint density at radius 1 is 1.11 bits per heavy atom. The minimum absolute atomic E-state index is 0.535. The van der Waals surface area contributed by atoms with Gasteiger partial charge in [-0.3, -0.25) is 4.79 Å². The van der Waals surface area contributed by atoms with Crippen LogP contribution in [0.1, 0.15) is 27.0 Å². The van der Waals surface area contributed by atoms with Gasteiger partial charge in [0, 0.05) is 17.3 Å². The molecule has 2 aromatic rings. The Labute approximate surface area is 106 Å². The summed E-state index contributed by atoms with van der Waals surface area (Å²) < 4.78 is 5.77. The average molecular weight is 241 g/mol. The van der Waals surface area contributed by atoms with Gasteiger partial charge in [0.25, 0.3) is 0 Å². The number of carbonyl (C=O) groups excluding carboxylic acids is 1. The maximum absolute atomic E-state index is 10.6. The van der Waals surface area contributed by atoms with Crippen LogP contribution in [0.3, 0.4) is 0 Å². The average Bonchev–Trinajstić information content (AvgIpc) is 2.34. The van der Waals surface area contributed by atoms with Gasteiger partial charge >= 0.3 is 0 Å². The second kappa shape index (κ2) is 5.00. The van der Waals surface area contributed by atoms with Gasteiger partial charge in [0.15, 0.2) is 6.29 Å². The molecule has 18 heavy (non-hydrogen) atoms. The van der Waals surface area contributed by atoms with Gasteiger partial charge < -0.3 is 4.74 Å². The Morgan fingerprint density at radius 2 is 1.89 bits per heavy atom. The molecular weight excluding hydrogens is 226 g/mol. The number of hydrogen-bond acceptors (Lipinski definition) is 3. The van der Waals surface area contributed by atoms with Crippen molar-refractivity contribution in [1.29, 1.82) is 0 Å². The summed E-state index contributed by atoms with van der Waals surface area (Å²) in [6.07, 6.45) is 2.29. The zero-order valence-electron chi connectivity index (χ0n) is 10.7. The largest absolute Gasteiger partial charge is 0.438 e. The number of hydrogen-bond donors (Lipinski definition) is 0. The number of aromatic nitrogens is 1. The number of rotatable bonds is 3. The van der Waals surface area contributed by atoms with Crippen molar-refractivity contribution in [3.8, 4) is 11.6 Å². The maximum atomic E-state index is 10.6. The molecule has 0 bridgehead atoms. The maximum Gasteiger partial charge on any atom is 0.222 e. The predicted octanol–water partition coefficient (Wildman–Crippen LogP) is 3.61. The summed E-state index contributed by atoms with van der Waals surface area (Å²) in [5.74, 6) is 1.32. The summed E-state index contributed by atoms with van der Waals surface area (Å²) in [5.41, 5.74) is 3.66. The smallest absolute Gasteiger partial charge is 0.222 e. The highest BCUT2D eigenvalue weighted by Crippen LogP contribution is 2.26. The van der Waals surface area contributed by atoms with Gasteiger partial charge in [0.2, 0.25) is 5.88 Å². The second-order valence-electron chi connectivity index (χ2n) is 4.38. The zero-order valence-corrected chi connectivity index (χ0v) is 10.7. The van der Waals surface area contributed by atoms with Gasteiger partial charge in [-0.05, 0) is 38.5 Å². The van der Waals surface area contributed by atoms with Gasteiger partial charge in [-0.2, -0.15) is 0 Å². The van der Waals surface area contributed by atoms with Gasteiger partial charge in [-0.1, -0.05) is 17.7 Å².